The molecule has 126 valence electrons. The summed E-state index contributed by atoms with van der Waals surface area (Å²) in [5.74, 6) is 0.895. The molecule has 0 aliphatic heterocycles. The van der Waals surface area contributed by atoms with Crippen molar-refractivity contribution in [3.63, 3.8) is 0 Å². The minimum absolute atomic E-state index is 0.0957. The third kappa shape index (κ3) is 2.27. The fourth-order valence-electron chi connectivity index (χ4n) is 3.80. The lowest BCUT2D eigenvalue weighted by Crippen LogP contribution is -2.28. The number of Topliss-reactive ketones (excluding diaryl/α,β-unsaturated/α-hetero) is 1. The highest BCUT2D eigenvalue weighted by atomic mass is 16.1. The van der Waals surface area contributed by atoms with Crippen LogP contribution in [0, 0.1) is 30.6 Å². The fourth-order valence-corrected chi connectivity index (χ4v) is 3.80. The van der Waals surface area contributed by atoms with Crippen molar-refractivity contribution in [1.29, 1.82) is 5.26 Å². The highest BCUT2D eigenvalue weighted by molar-refractivity contribution is 6.00. The van der Waals surface area contributed by atoms with Gasteiger partial charge in [0.25, 0.3) is 0 Å². The van der Waals surface area contributed by atoms with Crippen LogP contribution in [-0.2, 0) is 6.42 Å². The summed E-state index contributed by atoms with van der Waals surface area (Å²) in [7, 11) is 0. The van der Waals surface area contributed by atoms with Crippen molar-refractivity contribution in [2.24, 2.45) is 5.41 Å². The normalized spacial score (nSPS) is 16.0. The molecule has 25 heavy (non-hydrogen) atoms. The highest BCUT2D eigenvalue weighted by Gasteiger charge is 2.36. The number of rotatable bonds is 1. The molecule has 2 heterocycles. The maximum atomic E-state index is 12.6. The summed E-state index contributed by atoms with van der Waals surface area (Å²) in [5, 5.41) is 14.0. The maximum Gasteiger partial charge on any atom is 0.167 e. The van der Waals surface area contributed by atoms with E-state index in [1.807, 2.05) is 24.6 Å². The first-order valence-electron chi connectivity index (χ1n) is 8.32. The van der Waals surface area contributed by atoms with Crippen molar-refractivity contribution in [3.8, 4) is 11.8 Å². The first-order chi connectivity index (χ1) is 11.8. The van der Waals surface area contributed by atoms with Crippen molar-refractivity contribution in [2.45, 2.75) is 40.5 Å². The number of aromatic nitrogens is 4. The number of aryl methyl sites for hydroxylation is 2. The summed E-state index contributed by atoms with van der Waals surface area (Å²) in [4.78, 5) is 20.3. The van der Waals surface area contributed by atoms with Crippen LogP contribution in [0.3, 0.4) is 0 Å². The maximum absolute atomic E-state index is 12.6. The molecule has 0 saturated carbocycles. The summed E-state index contributed by atoms with van der Waals surface area (Å²) in [6, 6.07) is 5.83. The number of carbonyl (C=O) groups excluding carboxylic acids is 1. The van der Waals surface area contributed by atoms with E-state index in [0.717, 1.165) is 34.9 Å². The molecule has 0 unspecified atom stereocenters. The molecule has 0 radical (unpaired) electrons. The van der Waals surface area contributed by atoms with Gasteiger partial charge in [-0.1, -0.05) is 13.8 Å². The van der Waals surface area contributed by atoms with Crippen LogP contribution in [0.5, 0.6) is 0 Å². The van der Waals surface area contributed by atoms with Gasteiger partial charge < -0.3 is 4.98 Å². The van der Waals surface area contributed by atoms with Gasteiger partial charge >= 0.3 is 0 Å². The van der Waals surface area contributed by atoms with Gasteiger partial charge in [0.15, 0.2) is 5.78 Å². The van der Waals surface area contributed by atoms with Crippen LogP contribution in [-0.4, -0.2) is 25.5 Å². The van der Waals surface area contributed by atoms with E-state index in [1.165, 1.54) is 0 Å². The minimum Gasteiger partial charge on any atom is -0.341 e. The van der Waals surface area contributed by atoms with Crippen LogP contribution in [0.15, 0.2) is 12.1 Å². The molecule has 1 N–H and O–H groups in total. The lowest BCUT2D eigenvalue weighted by atomic mass is 9.75. The van der Waals surface area contributed by atoms with Crippen molar-refractivity contribution in [2.75, 3.05) is 0 Å². The number of nitriles is 1. The molecule has 1 aliphatic rings. The van der Waals surface area contributed by atoms with Crippen molar-refractivity contribution < 1.29 is 4.79 Å². The average Bonchev–Trinajstić information content (AvgIpc) is 3.05. The zero-order chi connectivity index (χ0) is 17.9. The summed E-state index contributed by atoms with van der Waals surface area (Å²) in [5.41, 5.74) is 5.09. The first-order valence-corrected chi connectivity index (χ1v) is 8.32. The molecule has 4 rings (SSSR count). The Labute approximate surface area is 145 Å². The lowest BCUT2D eigenvalue weighted by Gasteiger charge is -2.29. The van der Waals surface area contributed by atoms with E-state index in [0.29, 0.717) is 23.0 Å². The minimum atomic E-state index is -0.0957. The van der Waals surface area contributed by atoms with Crippen LogP contribution < -0.4 is 0 Å². The molecule has 3 aromatic rings. The topological polar surface area (TPSA) is 87.4 Å². The van der Waals surface area contributed by atoms with Gasteiger partial charge in [-0.15, -0.1) is 0 Å². The van der Waals surface area contributed by atoms with Gasteiger partial charge in [0.1, 0.15) is 17.4 Å². The van der Waals surface area contributed by atoms with Crippen LogP contribution in [0.4, 0.5) is 0 Å². The second-order valence-electron chi connectivity index (χ2n) is 7.55. The SMILES string of the molecule is Cc1nc2c(-n3nc(C)c4c3CC(C)(C)CC4=O)ccc(C#N)c2[nH]1. The average molecular weight is 333 g/mol. The van der Waals surface area contributed by atoms with E-state index < -0.39 is 0 Å². The number of ketones is 1. The number of H-pyrrole nitrogens is 1. The molecule has 0 spiro atoms. The second kappa shape index (κ2) is 5.03. The van der Waals surface area contributed by atoms with Crippen LogP contribution >= 0.6 is 0 Å². The molecule has 1 aromatic carbocycles. The van der Waals surface area contributed by atoms with E-state index in [-0.39, 0.29) is 11.2 Å². The van der Waals surface area contributed by atoms with Gasteiger partial charge in [0.2, 0.25) is 0 Å². The zero-order valence-corrected chi connectivity index (χ0v) is 14.8. The Morgan fingerprint density at radius 3 is 2.76 bits per heavy atom. The Balaban J connectivity index is 2.02. The van der Waals surface area contributed by atoms with Crippen LogP contribution in [0.25, 0.3) is 16.7 Å². The summed E-state index contributed by atoms with van der Waals surface area (Å²) in [6.07, 6.45) is 1.32. The van der Waals surface area contributed by atoms with Crippen LogP contribution in [0.2, 0.25) is 0 Å². The van der Waals surface area contributed by atoms with E-state index in [2.05, 4.69) is 35.0 Å². The molecular weight excluding hydrogens is 314 g/mol. The quantitative estimate of drug-likeness (QED) is 0.739. The number of hydrogen-bond acceptors (Lipinski definition) is 4. The lowest BCUT2D eigenvalue weighted by molar-refractivity contribution is 0.0910. The van der Waals surface area contributed by atoms with Crippen molar-refractivity contribution in [1.82, 2.24) is 19.7 Å². The molecule has 0 fully saturated rings. The molecule has 2 aromatic heterocycles. The number of aromatic amines is 1. The van der Waals surface area contributed by atoms with E-state index in [4.69, 9.17) is 0 Å². The van der Waals surface area contributed by atoms with Crippen molar-refractivity contribution in [3.05, 3.63) is 40.5 Å². The largest absolute Gasteiger partial charge is 0.341 e. The molecule has 6 nitrogen and oxygen atoms in total. The third-order valence-corrected chi connectivity index (χ3v) is 4.81. The number of carbonyl (C=O) groups is 1. The predicted molar refractivity (Wildman–Crippen MR) is 93.8 cm³/mol. The Morgan fingerprint density at radius 1 is 1.28 bits per heavy atom. The molecule has 0 atom stereocenters. The van der Waals surface area contributed by atoms with Gasteiger partial charge in [0, 0.05) is 6.42 Å². The number of imidazole rings is 1. The third-order valence-electron chi connectivity index (χ3n) is 4.81. The summed E-state index contributed by atoms with van der Waals surface area (Å²) >= 11 is 0. The number of nitrogens with one attached hydrogen (secondary N) is 1. The first kappa shape index (κ1) is 15.6. The molecule has 0 bridgehead atoms. The summed E-state index contributed by atoms with van der Waals surface area (Å²) < 4.78 is 1.84. The zero-order valence-electron chi connectivity index (χ0n) is 14.8. The van der Waals surface area contributed by atoms with Gasteiger partial charge in [-0.05, 0) is 37.8 Å². The van der Waals surface area contributed by atoms with Gasteiger partial charge in [-0.3, -0.25) is 4.79 Å². The number of benzene rings is 1. The van der Waals surface area contributed by atoms with Gasteiger partial charge in [-0.25, -0.2) is 9.67 Å². The molecular formula is C19H19N5O. The van der Waals surface area contributed by atoms with E-state index >= 15 is 0 Å². The Morgan fingerprint density at radius 2 is 2.04 bits per heavy atom. The van der Waals surface area contributed by atoms with E-state index in [1.54, 1.807) is 6.07 Å². The summed E-state index contributed by atoms with van der Waals surface area (Å²) in [6.45, 7) is 7.95. The Bertz CT molecular complexity index is 1080. The Kier molecular flexibility index (Phi) is 3.13. The van der Waals surface area contributed by atoms with Crippen molar-refractivity contribution >= 4 is 16.8 Å². The molecule has 0 saturated heterocycles. The second-order valence-corrected chi connectivity index (χ2v) is 7.55. The number of nitrogens with zero attached hydrogens (tertiary/aromatic N) is 4. The number of hydrogen-bond donors (Lipinski definition) is 1. The smallest absolute Gasteiger partial charge is 0.167 e. The highest BCUT2D eigenvalue weighted by Crippen LogP contribution is 2.37. The number of fused-ring (bicyclic) bond motifs is 2. The van der Waals surface area contributed by atoms with Gasteiger partial charge in [-0.2, -0.15) is 10.4 Å². The molecule has 0 amide bonds. The Hall–Kier alpha value is -2.94. The van der Waals surface area contributed by atoms with Gasteiger partial charge in [0.05, 0.1) is 33.7 Å². The van der Waals surface area contributed by atoms with Crippen LogP contribution in [0.1, 0.15) is 53.4 Å². The van der Waals surface area contributed by atoms with E-state index in [9.17, 15) is 10.1 Å². The molecule has 6 heteroatoms. The molecule has 1 aliphatic carbocycles. The standard InChI is InChI=1S/C19H19N5O/c1-10-16-14(7-19(3,4)8-15(16)25)24(23-10)13-6-5-12(9-20)17-18(13)22-11(2)21-17/h5-6H,7-8H2,1-4H3,(H,21,22). The monoisotopic (exact) mass is 333 g/mol. The predicted octanol–water partition coefficient (Wildman–Crippen LogP) is 3.39. The fraction of sp³-hybridized carbons (Fsp3) is 0.368.